The first-order valence-corrected chi connectivity index (χ1v) is 6.23. The first-order valence-electron chi connectivity index (χ1n) is 6.23. The fourth-order valence-electron chi connectivity index (χ4n) is 2.60. The number of nitrogens with zero attached hydrogens (tertiary/aromatic N) is 2. The van der Waals surface area contributed by atoms with E-state index in [9.17, 15) is 0 Å². The van der Waals surface area contributed by atoms with Crippen LogP contribution in [-0.2, 0) is 0 Å². The molecule has 90 valence electrons. The van der Waals surface area contributed by atoms with E-state index in [4.69, 9.17) is 10.4 Å². The van der Waals surface area contributed by atoms with Gasteiger partial charge in [-0.2, -0.15) is 5.26 Å². The van der Waals surface area contributed by atoms with Crippen molar-refractivity contribution in [2.24, 2.45) is 0 Å². The van der Waals surface area contributed by atoms with Crippen LogP contribution in [0.2, 0.25) is 0 Å². The molecule has 0 radical (unpaired) electrons. The summed E-state index contributed by atoms with van der Waals surface area (Å²) in [7, 11) is 0. The topological polar surface area (TPSA) is 47.3 Å². The molecule has 1 aromatic rings. The number of aliphatic hydroxyl groups is 1. The van der Waals surface area contributed by atoms with E-state index in [0.29, 0.717) is 6.04 Å². The van der Waals surface area contributed by atoms with Crippen molar-refractivity contribution in [2.75, 3.05) is 18.1 Å². The summed E-state index contributed by atoms with van der Waals surface area (Å²) in [6.45, 7) is 1.28. The van der Waals surface area contributed by atoms with Crippen LogP contribution in [0.4, 0.5) is 5.69 Å². The van der Waals surface area contributed by atoms with Gasteiger partial charge >= 0.3 is 0 Å². The van der Waals surface area contributed by atoms with Crippen molar-refractivity contribution in [2.45, 2.75) is 31.7 Å². The lowest BCUT2D eigenvalue weighted by molar-refractivity contribution is 0.279. The van der Waals surface area contributed by atoms with Crippen molar-refractivity contribution < 1.29 is 5.11 Å². The molecular weight excluding hydrogens is 212 g/mol. The number of aliphatic hydroxyl groups excluding tert-OH is 1. The summed E-state index contributed by atoms with van der Waals surface area (Å²) >= 11 is 0. The Bertz CT molecular complexity index is 411. The van der Waals surface area contributed by atoms with E-state index in [1.165, 1.54) is 12.8 Å². The number of benzene rings is 1. The minimum absolute atomic E-state index is 0.254. The quantitative estimate of drug-likeness (QED) is 0.863. The van der Waals surface area contributed by atoms with Crippen LogP contribution in [0.1, 0.15) is 31.2 Å². The maximum atomic E-state index is 9.12. The van der Waals surface area contributed by atoms with Gasteiger partial charge in [-0.25, -0.2) is 0 Å². The molecule has 1 heterocycles. The van der Waals surface area contributed by atoms with Crippen LogP contribution in [0, 0.1) is 11.3 Å². The molecule has 1 N–H and O–H groups in total. The van der Waals surface area contributed by atoms with Gasteiger partial charge in [0.2, 0.25) is 0 Å². The van der Waals surface area contributed by atoms with Gasteiger partial charge in [0.1, 0.15) is 6.07 Å². The zero-order valence-corrected chi connectivity index (χ0v) is 9.97. The molecule has 1 saturated heterocycles. The number of nitriles is 1. The minimum Gasteiger partial charge on any atom is -0.396 e. The Morgan fingerprint density at radius 2 is 2.24 bits per heavy atom. The third kappa shape index (κ3) is 2.59. The van der Waals surface area contributed by atoms with E-state index < -0.39 is 0 Å². The van der Waals surface area contributed by atoms with Crippen molar-refractivity contribution in [3.63, 3.8) is 0 Å². The van der Waals surface area contributed by atoms with Crippen LogP contribution in [0.25, 0.3) is 0 Å². The summed E-state index contributed by atoms with van der Waals surface area (Å²) in [5.74, 6) is 0. The lowest BCUT2D eigenvalue weighted by Gasteiger charge is -2.27. The SMILES string of the molecule is N#Cc1ccccc1N1CCCC1CCCO. The second kappa shape index (κ2) is 5.70. The molecule has 0 bridgehead atoms. The Morgan fingerprint density at radius 1 is 1.41 bits per heavy atom. The highest BCUT2D eigenvalue weighted by Gasteiger charge is 2.25. The summed E-state index contributed by atoms with van der Waals surface area (Å²) in [6, 6.07) is 10.5. The molecule has 0 aromatic heterocycles. The van der Waals surface area contributed by atoms with Gasteiger partial charge in [0.25, 0.3) is 0 Å². The summed E-state index contributed by atoms with van der Waals surface area (Å²) in [6.07, 6.45) is 4.20. The molecule has 0 spiro atoms. The van der Waals surface area contributed by atoms with Crippen LogP contribution >= 0.6 is 0 Å². The second-order valence-corrected chi connectivity index (χ2v) is 4.48. The van der Waals surface area contributed by atoms with Crippen molar-refractivity contribution >= 4 is 5.69 Å². The average Bonchev–Trinajstić information content (AvgIpc) is 2.84. The van der Waals surface area contributed by atoms with Gasteiger partial charge in [0, 0.05) is 19.2 Å². The number of anilines is 1. The molecular formula is C14H18N2O. The molecule has 0 saturated carbocycles. The van der Waals surface area contributed by atoms with Gasteiger partial charge in [-0.05, 0) is 37.8 Å². The van der Waals surface area contributed by atoms with Crippen LogP contribution in [0.5, 0.6) is 0 Å². The molecule has 1 fully saturated rings. The summed E-state index contributed by atoms with van der Waals surface area (Å²) in [5, 5.41) is 18.0. The Hall–Kier alpha value is -1.53. The molecule has 0 amide bonds. The second-order valence-electron chi connectivity index (χ2n) is 4.48. The maximum Gasteiger partial charge on any atom is 0.101 e. The Balaban J connectivity index is 2.17. The Kier molecular flexibility index (Phi) is 4.00. The van der Waals surface area contributed by atoms with E-state index in [2.05, 4.69) is 11.0 Å². The number of rotatable bonds is 4. The first kappa shape index (κ1) is 11.9. The van der Waals surface area contributed by atoms with Crippen LogP contribution in [-0.4, -0.2) is 24.3 Å². The molecule has 2 rings (SSSR count). The fraction of sp³-hybridized carbons (Fsp3) is 0.500. The first-order chi connectivity index (χ1) is 8.36. The van der Waals surface area contributed by atoms with Gasteiger partial charge in [-0.1, -0.05) is 12.1 Å². The maximum absolute atomic E-state index is 9.12. The number of hydrogen-bond donors (Lipinski definition) is 1. The van der Waals surface area contributed by atoms with Crippen LogP contribution in [0.15, 0.2) is 24.3 Å². The van der Waals surface area contributed by atoms with Gasteiger partial charge in [-0.15, -0.1) is 0 Å². The fourth-order valence-corrected chi connectivity index (χ4v) is 2.60. The van der Waals surface area contributed by atoms with Crippen molar-refractivity contribution in [3.8, 4) is 6.07 Å². The minimum atomic E-state index is 0.254. The van der Waals surface area contributed by atoms with Gasteiger partial charge in [0.05, 0.1) is 11.3 Å². The van der Waals surface area contributed by atoms with E-state index in [0.717, 1.165) is 30.6 Å². The normalized spacial score (nSPS) is 19.3. The van der Waals surface area contributed by atoms with E-state index in [-0.39, 0.29) is 6.61 Å². The molecule has 3 heteroatoms. The largest absolute Gasteiger partial charge is 0.396 e. The lowest BCUT2D eigenvalue weighted by Crippen LogP contribution is -2.29. The smallest absolute Gasteiger partial charge is 0.101 e. The van der Waals surface area contributed by atoms with Crippen molar-refractivity contribution in [1.82, 2.24) is 0 Å². The Morgan fingerprint density at radius 3 is 3.00 bits per heavy atom. The molecule has 1 aromatic carbocycles. The van der Waals surface area contributed by atoms with E-state index in [1.807, 2.05) is 24.3 Å². The summed E-state index contributed by atoms with van der Waals surface area (Å²) in [5.41, 5.74) is 1.80. The van der Waals surface area contributed by atoms with Crippen LogP contribution in [0.3, 0.4) is 0 Å². The predicted octanol–water partition coefficient (Wildman–Crippen LogP) is 2.30. The van der Waals surface area contributed by atoms with Crippen LogP contribution < -0.4 is 4.90 Å². The van der Waals surface area contributed by atoms with Gasteiger partial charge < -0.3 is 10.0 Å². The highest BCUT2D eigenvalue weighted by molar-refractivity contribution is 5.60. The van der Waals surface area contributed by atoms with E-state index in [1.54, 1.807) is 0 Å². The summed E-state index contributed by atoms with van der Waals surface area (Å²) < 4.78 is 0. The average molecular weight is 230 g/mol. The monoisotopic (exact) mass is 230 g/mol. The van der Waals surface area contributed by atoms with Crippen molar-refractivity contribution in [3.05, 3.63) is 29.8 Å². The third-order valence-electron chi connectivity index (χ3n) is 3.41. The highest BCUT2D eigenvalue weighted by atomic mass is 16.2. The van der Waals surface area contributed by atoms with E-state index >= 15 is 0 Å². The summed E-state index contributed by atoms with van der Waals surface area (Å²) in [4.78, 5) is 2.33. The predicted molar refractivity (Wildman–Crippen MR) is 67.8 cm³/mol. The molecule has 1 atom stereocenters. The van der Waals surface area contributed by atoms with Crippen molar-refractivity contribution in [1.29, 1.82) is 5.26 Å². The molecule has 1 aliphatic heterocycles. The molecule has 17 heavy (non-hydrogen) atoms. The standard InChI is InChI=1S/C14H18N2O/c15-11-12-5-1-2-8-14(12)16-9-3-6-13(16)7-4-10-17/h1-2,5,8,13,17H,3-4,6-7,9-10H2. The van der Waals surface area contributed by atoms with Gasteiger partial charge in [-0.3, -0.25) is 0 Å². The molecule has 1 aliphatic rings. The molecule has 1 unspecified atom stereocenters. The lowest BCUT2D eigenvalue weighted by atomic mass is 10.1. The zero-order chi connectivity index (χ0) is 12.1. The molecule has 0 aliphatic carbocycles. The number of hydrogen-bond acceptors (Lipinski definition) is 3. The number of para-hydroxylation sites is 1. The highest BCUT2D eigenvalue weighted by Crippen LogP contribution is 2.30. The molecule has 3 nitrogen and oxygen atoms in total. The Labute approximate surface area is 102 Å². The third-order valence-corrected chi connectivity index (χ3v) is 3.41. The zero-order valence-electron chi connectivity index (χ0n) is 9.97. The van der Waals surface area contributed by atoms with Gasteiger partial charge in [0.15, 0.2) is 0 Å².